The molecule has 1 fully saturated rings. The lowest BCUT2D eigenvalue weighted by molar-refractivity contribution is 0.187. The highest BCUT2D eigenvalue weighted by Crippen LogP contribution is 2.11. The van der Waals surface area contributed by atoms with E-state index in [1.54, 1.807) is 7.05 Å². The molecule has 0 aromatic heterocycles. The third-order valence-electron chi connectivity index (χ3n) is 3.56. The number of rotatable bonds is 7. The first kappa shape index (κ1) is 22.9. The molecule has 0 amide bonds. The highest BCUT2D eigenvalue weighted by atomic mass is 127. The van der Waals surface area contributed by atoms with Gasteiger partial charge in [-0.3, -0.25) is 4.99 Å². The van der Waals surface area contributed by atoms with Gasteiger partial charge in [0.1, 0.15) is 0 Å². The highest BCUT2D eigenvalue weighted by molar-refractivity contribution is 14.0. The fourth-order valence-corrected chi connectivity index (χ4v) is 3.05. The Labute approximate surface area is 158 Å². The zero-order valence-electron chi connectivity index (χ0n) is 14.6. The zero-order valence-corrected chi connectivity index (χ0v) is 17.8. The van der Waals surface area contributed by atoms with Gasteiger partial charge in [0.15, 0.2) is 5.96 Å². The molecule has 23 heavy (non-hydrogen) atoms. The van der Waals surface area contributed by atoms with Crippen LogP contribution < -0.4 is 15.4 Å². The largest absolute Gasteiger partial charge is 0.355 e. The summed E-state index contributed by atoms with van der Waals surface area (Å²) >= 11 is 0. The normalized spacial score (nSPS) is 17.9. The predicted octanol–water partition coefficient (Wildman–Crippen LogP) is 0.439. The number of piperidine rings is 1. The Morgan fingerprint density at radius 2 is 1.87 bits per heavy atom. The number of nitrogens with one attached hydrogen (secondary N) is 3. The maximum atomic E-state index is 11.0. The minimum atomic E-state index is -3.13. The van der Waals surface area contributed by atoms with E-state index >= 15 is 0 Å². The van der Waals surface area contributed by atoms with Crippen LogP contribution in [0.1, 0.15) is 26.7 Å². The number of guanidine groups is 1. The van der Waals surface area contributed by atoms with Gasteiger partial charge in [0.05, 0.1) is 6.26 Å². The molecule has 1 heterocycles. The monoisotopic (exact) mass is 461 g/mol. The van der Waals surface area contributed by atoms with Crippen LogP contribution in [0.25, 0.3) is 0 Å². The summed E-state index contributed by atoms with van der Waals surface area (Å²) in [4.78, 5) is 6.70. The number of halogens is 1. The van der Waals surface area contributed by atoms with Crippen LogP contribution in [0.15, 0.2) is 4.99 Å². The predicted molar refractivity (Wildman–Crippen MR) is 107 cm³/mol. The molecule has 0 spiro atoms. The average molecular weight is 461 g/mol. The van der Waals surface area contributed by atoms with Gasteiger partial charge in [-0.15, -0.1) is 24.0 Å². The number of aliphatic imine (C=N–C) groups is 1. The molecule has 0 atom stereocenters. The van der Waals surface area contributed by atoms with Crippen LogP contribution in [0, 0.1) is 5.92 Å². The molecule has 0 aliphatic carbocycles. The van der Waals surface area contributed by atoms with E-state index in [4.69, 9.17) is 0 Å². The Hall–Kier alpha value is -0.130. The number of nitrogens with zero attached hydrogens (tertiary/aromatic N) is 2. The van der Waals surface area contributed by atoms with Crippen LogP contribution in [-0.2, 0) is 10.0 Å². The van der Waals surface area contributed by atoms with Gasteiger partial charge in [0.25, 0.3) is 0 Å². The van der Waals surface area contributed by atoms with Crippen molar-refractivity contribution in [1.29, 1.82) is 0 Å². The third kappa shape index (κ3) is 11.1. The second-order valence-electron chi connectivity index (χ2n) is 6.28. The molecule has 0 aromatic carbocycles. The van der Waals surface area contributed by atoms with Crippen molar-refractivity contribution in [3.8, 4) is 0 Å². The lowest BCUT2D eigenvalue weighted by Gasteiger charge is -2.33. The van der Waals surface area contributed by atoms with Crippen LogP contribution >= 0.6 is 24.0 Å². The van der Waals surface area contributed by atoms with Gasteiger partial charge in [-0.05, 0) is 18.8 Å². The molecule has 0 saturated carbocycles. The molecule has 3 N–H and O–H groups in total. The summed E-state index contributed by atoms with van der Waals surface area (Å²) in [6.45, 7) is 8.76. The minimum absolute atomic E-state index is 0. The van der Waals surface area contributed by atoms with Crippen molar-refractivity contribution in [2.75, 3.05) is 46.0 Å². The summed E-state index contributed by atoms with van der Waals surface area (Å²) in [6, 6.07) is 0.428. The van der Waals surface area contributed by atoms with Crippen molar-refractivity contribution in [3.63, 3.8) is 0 Å². The van der Waals surface area contributed by atoms with E-state index in [1.807, 2.05) is 0 Å². The molecule has 1 rings (SSSR count). The molecule has 1 aliphatic rings. The van der Waals surface area contributed by atoms with Crippen molar-refractivity contribution in [2.24, 2.45) is 10.9 Å². The lowest BCUT2D eigenvalue weighted by atomic mass is 10.0. The van der Waals surface area contributed by atoms with Crippen LogP contribution in [0.5, 0.6) is 0 Å². The Kier molecular flexibility index (Phi) is 11.4. The molecule has 0 radical (unpaired) electrons. The van der Waals surface area contributed by atoms with Gasteiger partial charge < -0.3 is 15.5 Å². The third-order valence-corrected chi connectivity index (χ3v) is 4.29. The average Bonchev–Trinajstić information content (AvgIpc) is 2.42. The molecule has 0 aromatic rings. The Morgan fingerprint density at radius 1 is 1.26 bits per heavy atom. The molecule has 0 bridgehead atoms. The van der Waals surface area contributed by atoms with Gasteiger partial charge in [-0.25, -0.2) is 13.1 Å². The van der Waals surface area contributed by atoms with Crippen LogP contribution in [-0.4, -0.2) is 71.3 Å². The van der Waals surface area contributed by atoms with E-state index in [0.717, 1.165) is 44.7 Å². The number of sulfonamides is 1. The quantitative estimate of drug-likeness (QED) is 0.222. The van der Waals surface area contributed by atoms with Gasteiger partial charge in [-0.1, -0.05) is 13.8 Å². The summed E-state index contributed by atoms with van der Waals surface area (Å²) in [5, 5.41) is 6.54. The van der Waals surface area contributed by atoms with Gasteiger partial charge in [0.2, 0.25) is 10.0 Å². The summed E-state index contributed by atoms with van der Waals surface area (Å²) in [6.07, 6.45) is 3.37. The van der Waals surface area contributed by atoms with Gasteiger partial charge >= 0.3 is 0 Å². The van der Waals surface area contributed by atoms with Crippen LogP contribution in [0.2, 0.25) is 0 Å². The Morgan fingerprint density at radius 3 is 2.35 bits per heavy atom. The first-order valence-electron chi connectivity index (χ1n) is 7.94. The van der Waals surface area contributed by atoms with E-state index in [0.29, 0.717) is 25.0 Å². The van der Waals surface area contributed by atoms with Crippen molar-refractivity contribution in [3.05, 3.63) is 0 Å². The van der Waals surface area contributed by atoms with Crippen molar-refractivity contribution in [2.45, 2.75) is 32.7 Å². The fraction of sp³-hybridized carbons (Fsp3) is 0.929. The molecule has 9 heteroatoms. The molecule has 0 unspecified atom stereocenters. The van der Waals surface area contributed by atoms with E-state index in [-0.39, 0.29) is 24.0 Å². The lowest BCUT2D eigenvalue weighted by Crippen LogP contribution is -2.50. The second kappa shape index (κ2) is 11.4. The maximum Gasteiger partial charge on any atom is 0.208 e. The standard InChI is InChI=1S/C14H31N5O2S.HI/c1-12(2)11-19-9-5-13(6-10-19)18-14(15-3)16-7-8-17-22(4,20)21;/h12-13,17H,5-11H2,1-4H3,(H2,15,16,18);1H. The summed E-state index contributed by atoms with van der Waals surface area (Å²) in [5.74, 6) is 1.44. The first-order chi connectivity index (χ1) is 10.3. The topological polar surface area (TPSA) is 85.8 Å². The fourth-order valence-electron chi connectivity index (χ4n) is 2.58. The first-order valence-corrected chi connectivity index (χ1v) is 9.83. The molecular weight excluding hydrogens is 429 g/mol. The van der Waals surface area contributed by atoms with Crippen molar-refractivity contribution < 1.29 is 8.42 Å². The van der Waals surface area contributed by atoms with Crippen LogP contribution in [0.4, 0.5) is 0 Å². The smallest absolute Gasteiger partial charge is 0.208 e. The molecule has 1 saturated heterocycles. The Balaban J connectivity index is 0.00000484. The summed E-state index contributed by atoms with van der Waals surface area (Å²) in [5.41, 5.74) is 0. The van der Waals surface area contributed by atoms with Gasteiger partial charge in [0, 0.05) is 45.8 Å². The van der Waals surface area contributed by atoms with Gasteiger partial charge in [-0.2, -0.15) is 0 Å². The van der Waals surface area contributed by atoms with Crippen LogP contribution in [0.3, 0.4) is 0 Å². The number of hydrogen-bond donors (Lipinski definition) is 3. The Bertz CT molecular complexity index is 448. The minimum Gasteiger partial charge on any atom is -0.355 e. The zero-order chi connectivity index (χ0) is 16.6. The second-order valence-corrected chi connectivity index (χ2v) is 8.11. The van der Waals surface area contributed by atoms with E-state index in [2.05, 4.69) is 39.1 Å². The van der Waals surface area contributed by atoms with Crippen molar-refractivity contribution in [1.82, 2.24) is 20.3 Å². The molecular formula is C14H32IN5O2S. The molecule has 138 valence electrons. The van der Waals surface area contributed by atoms with E-state index in [9.17, 15) is 8.42 Å². The molecule has 1 aliphatic heterocycles. The number of likely N-dealkylation sites (tertiary alicyclic amines) is 1. The van der Waals surface area contributed by atoms with E-state index < -0.39 is 10.0 Å². The summed E-state index contributed by atoms with van der Waals surface area (Å²) in [7, 11) is -1.40. The maximum absolute atomic E-state index is 11.0. The van der Waals surface area contributed by atoms with Crippen molar-refractivity contribution >= 4 is 40.0 Å². The van der Waals surface area contributed by atoms with E-state index in [1.165, 1.54) is 0 Å². The number of hydrogen-bond acceptors (Lipinski definition) is 4. The molecule has 7 nitrogen and oxygen atoms in total. The summed E-state index contributed by atoms with van der Waals surface area (Å²) < 4.78 is 24.4. The SMILES string of the molecule is CN=C(NCCNS(C)(=O)=O)NC1CCN(CC(C)C)CC1.I. The highest BCUT2D eigenvalue weighted by Gasteiger charge is 2.20.